The van der Waals surface area contributed by atoms with Gasteiger partial charge in [0.2, 0.25) is 0 Å². The van der Waals surface area contributed by atoms with E-state index in [0.29, 0.717) is 0 Å². The van der Waals surface area contributed by atoms with Crippen molar-refractivity contribution < 1.29 is 4.74 Å². The van der Waals surface area contributed by atoms with Crippen LogP contribution in [0.25, 0.3) is 0 Å². The molecule has 0 fully saturated rings. The van der Waals surface area contributed by atoms with Crippen LogP contribution in [0, 0.1) is 0 Å². The van der Waals surface area contributed by atoms with E-state index in [2.05, 4.69) is 12.2 Å². The minimum atomic E-state index is 0.855. The van der Waals surface area contributed by atoms with Gasteiger partial charge in [-0.05, 0) is 13.5 Å². The second-order valence-corrected chi connectivity index (χ2v) is 4.90. The summed E-state index contributed by atoms with van der Waals surface area (Å²) in [5, 5.41) is 3.08. The van der Waals surface area contributed by atoms with Crippen LogP contribution in [0.2, 0.25) is 0 Å². The Morgan fingerprint density at radius 2 is 1.24 bits per heavy atom. The first kappa shape index (κ1) is 16.9. The molecule has 1 N–H and O–H groups in total. The Morgan fingerprint density at radius 1 is 0.706 bits per heavy atom. The molecular formula is C15H33NO. The largest absolute Gasteiger partial charge is 0.380 e. The summed E-state index contributed by atoms with van der Waals surface area (Å²) in [4.78, 5) is 0. The zero-order valence-electron chi connectivity index (χ0n) is 12.1. The van der Waals surface area contributed by atoms with Crippen LogP contribution in [0.3, 0.4) is 0 Å². The standard InChI is InChI=1S/C15H33NO/c1-3-4-5-6-7-8-9-10-11-12-14-17-15-13-16-2/h16H,3-15H2,1-2H3. The van der Waals surface area contributed by atoms with Crippen LogP contribution in [0.4, 0.5) is 0 Å². The van der Waals surface area contributed by atoms with Gasteiger partial charge in [0, 0.05) is 13.2 Å². The number of likely N-dealkylation sites (N-methyl/N-ethyl adjacent to an activating group) is 1. The van der Waals surface area contributed by atoms with Crippen molar-refractivity contribution in [1.82, 2.24) is 5.32 Å². The Morgan fingerprint density at radius 3 is 1.76 bits per heavy atom. The molecule has 2 heteroatoms. The fraction of sp³-hybridized carbons (Fsp3) is 1.00. The first-order chi connectivity index (χ1) is 8.41. The molecule has 0 aliphatic carbocycles. The molecule has 0 saturated carbocycles. The Hall–Kier alpha value is -0.0800. The van der Waals surface area contributed by atoms with Crippen LogP contribution in [-0.2, 0) is 4.74 Å². The van der Waals surface area contributed by atoms with Gasteiger partial charge in [0.1, 0.15) is 0 Å². The van der Waals surface area contributed by atoms with Crippen molar-refractivity contribution >= 4 is 0 Å². The molecule has 0 rings (SSSR count). The fourth-order valence-electron chi connectivity index (χ4n) is 1.97. The Kier molecular flexibility index (Phi) is 15.8. The van der Waals surface area contributed by atoms with E-state index in [1.54, 1.807) is 0 Å². The minimum Gasteiger partial charge on any atom is -0.380 e. The van der Waals surface area contributed by atoms with Gasteiger partial charge in [-0.15, -0.1) is 0 Å². The monoisotopic (exact) mass is 243 g/mol. The average Bonchev–Trinajstić information content (AvgIpc) is 2.35. The zero-order valence-corrected chi connectivity index (χ0v) is 12.1. The number of hydrogen-bond donors (Lipinski definition) is 1. The van der Waals surface area contributed by atoms with Gasteiger partial charge >= 0.3 is 0 Å². The summed E-state index contributed by atoms with van der Waals surface area (Å²) < 4.78 is 5.48. The molecule has 0 aromatic heterocycles. The maximum Gasteiger partial charge on any atom is 0.0590 e. The zero-order chi connectivity index (χ0) is 12.6. The number of nitrogens with one attached hydrogen (secondary N) is 1. The van der Waals surface area contributed by atoms with E-state index in [4.69, 9.17) is 4.74 Å². The molecule has 2 nitrogen and oxygen atoms in total. The second kappa shape index (κ2) is 15.9. The summed E-state index contributed by atoms with van der Waals surface area (Å²) in [5.41, 5.74) is 0. The van der Waals surface area contributed by atoms with Crippen LogP contribution in [0.1, 0.15) is 71.1 Å². The van der Waals surface area contributed by atoms with Crippen LogP contribution >= 0.6 is 0 Å². The molecule has 0 aromatic carbocycles. The molecule has 0 unspecified atom stereocenters. The summed E-state index contributed by atoms with van der Waals surface area (Å²) in [5.74, 6) is 0. The molecule has 17 heavy (non-hydrogen) atoms. The predicted molar refractivity (Wildman–Crippen MR) is 76.6 cm³/mol. The van der Waals surface area contributed by atoms with Gasteiger partial charge in [-0.2, -0.15) is 0 Å². The number of rotatable bonds is 14. The van der Waals surface area contributed by atoms with E-state index in [0.717, 1.165) is 19.8 Å². The molecule has 0 aliphatic rings. The van der Waals surface area contributed by atoms with Crippen LogP contribution in [0.5, 0.6) is 0 Å². The normalized spacial score (nSPS) is 10.9. The van der Waals surface area contributed by atoms with Gasteiger partial charge in [-0.25, -0.2) is 0 Å². The first-order valence-electron chi connectivity index (χ1n) is 7.64. The smallest absolute Gasteiger partial charge is 0.0590 e. The molecule has 0 saturated heterocycles. The lowest BCUT2D eigenvalue weighted by Crippen LogP contribution is -2.14. The lowest BCUT2D eigenvalue weighted by atomic mass is 10.1. The van der Waals surface area contributed by atoms with Crippen molar-refractivity contribution in [1.29, 1.82) is 0 Å². The van der Waals surface area contributed by atoms with Crippen molar-refractivity contribution in [2.75, 3.05) is 26.8 Å². The van der Waals surface area contributed by atoms with E-state index in [1.807, 2.05) is 7.05 Å². The second-order valence-electron chi connectivity index (χ2n) is 4.90. The molecule has 0 bridgehead atoms. The molecule has 0 aromatic rings. The Bertz CT molecular complexity index is 114. The summed E-state index contributed by atoms with van der Waals surface area (Å²) in [6.07, 6.45) is 13.9. The van der Waals surface area contributed by atoms with Crippen molar-refractivity contribution in [3.8, 4) is 0 Å². The fourth-order valence-corrected chi connectivity index (χ4v) is 1.97. The van der Waals surface area contributed by atoms with Gasteiger partial charge in [0.15, 0.2) is 0 Å². The molecule has 0 amide bonds. The van der Waals surface area contributed by atoms with Gasteiger partial charge < -0.3 is 10.1 Å². The summed E-state index contributed by atoms with van der Waals surface area (Å²) in [6, 6.07) is 0. The molecule has 0 heterocycles. The molecule has 0 atom stereocenters. The lowest BCUT2D eigenvalue weighted by Gasteiger charge is -2.04. The first-order valence-corrected chi connectivity index (χ1v) is 7.64. The minimum absolute atomic E-state index is 0.855. The molecule has 0 radical (unpaired) electrons. The van der Waals surface area contributed by atoms with E-state index in [9.17, 15) is 0 Å². The molecule has 104 valence electrons. The highest BCUT2D eigenvalue weighted by molar-refractivity contribution is 4.47. The van der Waals surface area contributed by atoms with Gasteiger partial charge in [-0.3, -0.25) is 0 Å². The van der Waals surface area contributed by atoms with Crippen molar-refractivity contribution in [2.45, 2.75) is 71.1 Å². The van der Waals surface area contributed by atoms with E-state index in [1.165, 1.54) is 64.2 Å². The third kappa shape index (κ3) is 15.9. The average molecular weight is 243 g/mol. The van der Waals surface area contributed by atoms with Crippen molar-refractivity contribution in [3.05, 3.63) is 0 Å². The lowest BCUT2D eigenvalue weighted by molar-refractivity contribution is 0.133. The third-order valence-electron chi connectivity index (χ3n) is 3.14. The molecule has 0 spiro atoms. The predicted octanol–water partition coefficient (Wildman–Crippen LogP) is 4.14. The van der Waals surface area contributed by atoms with E-state index in [-0.39, 0.29) is 0 Å². The van der Waals surface area contributed by atoms with Crippen LogP contribution < -0.4 is 5.32 Å². The highest BCUT2D eigenvalue weighted by atomic mass is 16.5. The van der Waals surface area contributed by atoms with Crippen molar-refractivity contribution in [3.63, 3.8) is 0 Å². The molecule has 0 aliphatic heterocycles. The van der Waals surface area contributed by atoms with Crippen molar-refractivity contribution in [2.24, 2.45) is 0 Å². The van der Waals surface area contributed by atoms with Gasteiger partial charge in [0.25, 0.3) is 0 Å². The SMILES string of the molecule is CCCCCCCCCCCCOCCNC. The van der Waals surface area contributed by atoms with E-state index < -0.39 is 0 Å². The highest BCUT2D eigenvalue weighted by Gasteiger charge is 1.92. The Labute approximate surface area is 109 Å². The highest BCUT2D eigenvalue weighted by Crippen LogP contribution is 2.10. The summed E-state index contributed by atoms with van der Waals surface area (Å²) >= 11 is 0. The van der Waals surface area contributed by atoms with E-state index >= 15 is 0 Å². The summed E-state index contributed by atoms with van der Waals surface area (Å²) in [7, 11) is 1.96. The molecular weight excluding hydrogens is 210 g/mol. The maximum atomic E-state index is 5.48. The maximum absolute atomic E-state index is 5.48. The number of hydrogen-bond acceptors (Lipinski definition) is 2. The quantitative estimate of drug-likeness (QED) is 0.463. The third-order valence-corrected chi connectivity index (χ3v) is 3.14. The summed E-state index contributed by atoms with van der Waals surface area (Å²) in [6.45, 7) is 5.04. The number of unbranched alkanes of at least 4 members (excludes halogenated alkanes) is 9. The van der Waals surface area contributed by atoms with Gasteiger partial charge in [-0.1, -0.05) is 64.7 Å². The van der Waals surface area contributed by atoms with Crippen LogP contribution in [-0.4, -0.2) is 26.8 Å². The van der Waals surface area contributed by atoms with Gasteiger partial charge in [0.05, 0.1) is 6.61 Å². The number of ether oxygens (including phenoxy) is 1. The topological polar surface area (TPSA) is 21.3 Å². The van der Waals surface area contributed by atoms with Crippen LogP contribution in [0.15, 0.2) is 0 Å². The Balaban J connectivity index is 2.85.